The predicted octanol–water partition coefficient (Wildman–Crippen LogP) is 4.58. The van der Waals surface area contributed by atoms with Gasteiger partial charge in [-0.15, -0.1) is 0 Å². The fourth-order valence-electron chi connectivity index (χ4n) is 2.22. The summed E-state index contributed by atoms with van der Waals surface area (Å²) in [5, 5.41) is 0. The Morgan fingerprint density at radius 3 is 2.47 bits per heavy atom. The molecular weight excluding hydrogens is 194 g/mol. The highest BCUT2D eigenvalue weighted by atomic mass is 19.3. The van der Waals surface area contributed by atoms with Crippen LogP contribution in [0.5, 0.6) is 0 Å². The molecule has 0 amide bonds. The molecule has 0 radical (unpaired) electrons. The van der Waals surface area contributed by atoms with Crippen LogP contribution in [0.3, 0.4) is 0 Å². The molecule has 0 aliphatic heterocycles. The number of allylic oxidation sites excluding steroid dienone is 4. The Labute approximate surface area is 91.1 Å². The van der Waals surface area contributed by atoms with Gasteiger partial charge in [0.2, 0.25) is 0 Å². The van der Waals surface area contributed by atoms with Crippen molar-refractivity contribution in [2.24, 2.45) is 11.8 Å². The molecule has 1 rings (SSSR count). The third kappa shape index (κ3) is 3.15. The van der Waals surface area contributed by atoms with Gasteiger partial charge in [0.1, 0.15) is 0 Å². The highest BCUT2D eigenvalue weighted by Crippen LogP contribution is 2.34. The van der Waals surface area contributed by atoms with E-state index in [9.17, 15) is 8.78 Å². The van der Waals surface area contributed by atoms with Crippen LogP contribution in [-0.4, -0.2) is 5.92 Å². The van der Waals surface area contributed by atoms with E-state index in [-0.39, 0.29) is 5.57 Å². The topological polar surface area (TPSA) is 0 Å². The molecule has 0 aromatic carbocycles. The first-order chi connectivity index (χ1) is 6.99. The zero-order chi connectivity index (χ0) is 11.5. The van der Waals surface area contributed by atoms with Crippen molar-refractivity contribution < 1.29 is 8.78 Å². The Balaban J connectivity index is 2.80. The van der Waals surface area contributed by atoms with Crippen molar-refractivity contribution in [2.75, 3.05) is 0 Å². The summed E-state index contributed by atoms with van der Waals surface area (Å²) >= 11 is 0. The number of rotatable bonds is 4. The van der Waals surface area contributed by atoms with Crippen LogP contribution in [0.4, 0.5) is 8.78 Å². The maximum Gasteiger partial charge on any atom is 0.270 e. The molecule has 0 aromatic rings. The Hall–Kier alpha value is -0.660. The molecule has 86 valence electrons. The summed E-state index contributed by atoms with van der Waals surface area (Å²) in [5.41, 5.74) is 0.186. The predicted molar refractivity (Wildman–Crippen MR) is 60.0 cm³/mol. The molecule has 0 aromatic heterocycles. The van der Waals surface area contributed by atoms with E-state index in [4.69, 9.17) is 0 Å². The van der Waals surface area contributed by atoms with Crippen LogP contribution in [0.25, 0.3) is 0 Å². The maximum atomic E-state index is 13.1. The molecule has 0 N–H and O–H groups in total. The Morgan fingerprint density at radius 1 is 1.40 bits per heavy atom. The van der Waals surface area contributed by atoms with Crippen LogP contribution >= 0.6 is 0 Å². The van der Waals surface area contributed by atoms with E-state index >= 15 is 0 Å². The fraction of sp³-hybridized carbons (Fsp3) is 0.692. The lowest BCUT2D eigenvalue weighted by molar-refractivity contribution is 0.0658. The van der Waals surface area contributed by atoms with Gasteiger partial charge in [-0.1, -0.05) is 44.9 Å². The molecule has 0 saturated carbocycles. The van der Waals surface area contributed by atoms with Crippen LogP contribution in [0.1, 0.15) is 40.0 Å². The molecule has 15 heavy (non-hydrogen) atoms. The van der Waals surface area contributed by atoms with Crippen molar-refractivity contribution in [1.29, 1.82) is 0 Å². The second-order valence-electron chi connectivity index (χ2n) is 4.39. The summed E-state index contributed by atoms with van der Waals surface area (Å²) < 4.78 is 26.3. The van der Waals surface area contributed by atoms with Crippen molar-refractivity contribution in [3.05, 3.63) is 23.8 Å². The number of hydrogen-bond acceptors (Lipinski definition) is 0. The van der Waals surface area contributed by atoms with Gasteiger partial charge in [0.25, 0.3) is 5.92 Å². The van der Waals surface area contributed by atoms with Gasteiger partial charge in [0.05, 0.1) is 0 Å². The molecule has 0 spiro atoms. The lowest BCUT2D eigenvalue weighted by Crippen LogP contribution is -2.19. The number of hydrogen-bond donors (Lipinski definition) is 0. The first-order valence-electron chi connectivity index (χ1n) is 5.75. The molecule has 1 aliphatic carbocycles. The van der Waals surface area contributed by atoms with Gasteiger partial charge in [0.15, 0.2) is 0 Å². The minimum absolute atomic E-state index is 0.186. The smallest absolute Gasteiger partial charge is 0.202 e. The van der Waals surface area contributed by atoms with Gasteiger partial charge in [-0.2, -0.15) is 0 Å². The van der Waals surface area contributed by atoms with E-state index in [2.05, 4.69) is 13.8 Å². The quantitative estimate of drug-likeness (QED) is 0.642. The first kappa shape index (κ1) is 12.4. The molecular formula is C13H20F2. The van der Waals surface area contributed by atoms with Gasteiger partial charge < -0.3 is 0 Å². The number of alkyl halides is 2. The molecule has 0 fully saturated rings. The monoisotopic (exact) mass is 214 g/mol. The van der Waals surface area contributed by atoms with Crippen molar-refractivity contribution >= 4 is 0 Å². The normalized spacial score (nSPS) is 22.0. The van der Waals surface area contributed by atoms with Gasteiger partial charge in [0, 0.05) is 12.5 Å². The average molecular weight is 214 g/mol. The highest BCUT2D eigenvalue weighted by Gasteiger charge is 2.29. The van der Waals surface area contributed by atoms with Crippen LogP contribution in [0, 0.1) is 11.8 Å². The van der Waals surface area contributed by atoms with E-state index in [1.165, 1.54) is 0 Å². The van der Waals surface area contributed by atoms with Gasteiger partial charge >= 0.3 is 0 Å². The third-order valence-corrected chi connectivity index (χ3v) is 3.26. The van der Waals surface area contributed by atoms with Gasteiger partial charge in [-0.05, 0) is 18.3 Å². The van der Waals surface area contributed by atoms with Gasteiger partial charge in [-0.3, -0.25) is 0 Å². The second kappa shape index (κ2) is 4.91. The molecule has 1 atom stereocenters. The summed E-state index contributed by atoms with van der Waals surface area (Å²) in [7, 11) is 0. The Kier molecular flexibility index (Phi) is 4.06. The minimum atomic E-state index is -2.69. The van der Waals surface area contributed by atoms with Crippen molar-refractivity contribution in [3.63, 3.8) is 0 Å². The van der Waals surface area contributed by atoms with E-state index in [0.29, 0.717) is 11.8 Å². The fourth-order valence-corrected chi connectivity index (χ4v) is 2.22. The lowest BCUT2D eigenvalue weighted by Gasteiger charge is -2.26. The molecule has 2 heteroatoms. The maximum absolute atomic E-state index is 13.1. The van der Waals surface area contributed by atoms with Crippen molar-refractivity contribution in [2.45, 2.75) is 46.0 Å². The summed E-state index contributed by atoms with van der Waals surface area (Å²) in [6.45, 7) is 5.23. The van der Waals surface area contributed by atoms with Crippen LogP contribution < -0.4 is 0 Å². The Morgan fingerprint density at radius 2 is 2.00 bits per heavy atom. The zero-order valence-electron chi connectivity index (χ0n) is 9.76. The molecule has 0 bridgehead atoms. The third-order valence-electron chi connectivity index (χ3n) is 3.26. The molecule has 0 saturated heterocycles. The van der Waals surface area contributed by atoms with E-state index in [1.54, 1.807) is 12.2 Å². The van der Waals surface area contributed by atoms with Crippen molar-refractivity contribution in [3.8, 4) is 0 Å². The number of halogens is 2. The Bertz CT molecular complexity index is 254. The summed E-state index contributed by atoms with van der Waals surface area (Å²) in [5.74, 6) is -1.86. The molecule has 0 unspecified atom stereocenters. The zero-order valence-corrected chi connectivity index (χ0v) is 9.76. The molecule has 1 aliphatic rings. The van der Waals surface area contributed by atoms with E-state index in [1.807, 2.05) is 6.08 Å². The summed E-state index contributed by atoms with van der Waals surface area (Å²) in [6, 6.07) is 0. The average Bonchev–Trinajstić information content (AvgIpc) is 2.19. The summed E-state index contributed by atoms with van der Waals surface area (Å²) in [4.78, 5) is 0. The van der Waals surface area contributed by atoms with E-state index in [0.717, 1.165) is 26.2 Å². The summed E-state index contributed by atoms with van der Waals surface area (Å²) in [6.07, 6.45) is 8.26. The van der Waals surface area contributed by atoms with Crippen LogP contribution in [0.2, 0.25) is 0 Å². The standard InChI is InChI=1S/C13H20F2/c1-4-10(5-2)11-7-6-8-12(9-11)13(3,14)15/h6,8-11H,4-5,7H2,1-3H3/t11-/m0/s1. The lowest BCUT2D eigenvalue weighted by atomic mass is 9.81. The van der Waals surface area contributed by atoms with Crippen LogP contribution in [0.15, 0.2) is 23.8 Å². The largest absolute Gasteiger partial charge is 0.270 e. The highest BCUT2D eigenvalue weighted by molar-refractivity contribution is 5.29. The van der Waals surface area contributed by atoms with Gasteiger partial charge in [-0.25, -0.2) is 8.78 Å². The minimum Gasteiger partial charge on any atom is -0.202 e. The van der Waals surface area contributed by atoms with E-state index < -0.39 is 5.92 Å². The SMILES string of the molecule is CCC(CC)[C@@H]1C=C(C(C)(F)F)C=CC1. The van der Waals surface area contributed by atoms with Crippen LogP contribution in [-0.2, 0) is 0 Å². The molecule has 0 nitrogen and oxygen atoms in total. The first-order valence-corrected chi connectivity index (χ1v) is 5.75. The second-order valence-corrected chi connectivity index (χ2v) is 4.39. The molecule has 0 heterocycles. The van der Waals surface area contributed by atoms with Crippen molar-refractivity contribution in [1.82, 2.24) is 0 Å².